The number of rotatable bonds is 3. The molecule has 1 saturated heterocycles. The van der Waals surface area contributed by atoms with E-state index in [1.165, 1.54) is 12.1 Å². The highest BCUT2D eigenvalue weighted by Gasteiger charge is 2.33. The van der Waals surface area contributed by atoms with Crippen molar-refractivity contribution in [2.24, 2.45) is 0 Å². The fraction of sp³-hybridized carbons (Fsp3) is 0.263. The fourth-order valence-electron chi connectivity index (χ4n) is 3.06. The molecule has 0 bridgehead atoms. The molecule has 25 heavy (non-hydrogen) atoms. The predicted octanol–water partition coefficient (Wildman–Crippen LogP) is 3.37. The second-order valence-corrected chi connectivity index (χ2v) is 6.28. The van der Waals surface area contributed by atoms with Gasteiger partial charge in [-0.3, -0.25) is 4.79 Å². The molecule has 2 aromatic rings. The number of halogens is 1. The van der Waals surface area contributed by atoms with E-state index >= 15 is 0 Å². The number of urea groups is 1. The molecule has 0 aromatic heterocycles. The van der Waals surface area contributed by atoms with Crippen molar-refractivity contribution in [1.29, 1.82) is 0 Å². The van der Waals surface area contributed by atoms with Gasteiger partial charge < -0.3 is 15.5 Å². The zero-order valence-corrected chi connectivity index (χ0v) is 14.2. The van der Waals surface area contributed by atoms with Gasteiger partial charge in [0.05, 0.1) is 0 Å². The minimum atomic E-state index is -0.587. The zero-order valence-electron chi connectivity index (χ0n) is 14.2. The Bertz CT molecular complexity index is 785. The van der Waals surface area contributed by atoms with Crippen molar-refractivity contribution in [2.45, 2.75) is 26.3 Å². The summed E-state index contributed by atoms with van der Waals surface area (Å²) in [6.45, 7) is 4.40. The lowest BCUT2D eigenvalue weighted by Gasteiger charge is -2.17. The number of nitrogens with one attached hydrogen (secondary N) is 2. The molecule has 1 heterocycles. The van der Waals surface area contributed by atoms with Crippen LogP contribution in [0.25, 0.3) is 0 Å². The molecule has 1 fully saturated rings. The molecule has 3 amide bonds. The summed E-state index contributed by atoms with van der Waals surface area (Å²) < 4.78 is 13.0. The molecule has 1 aliphatic rings. The van der Waals surface area contributed by atoms with E-state index in [2.05, 4.69) is 10.6 Å². The average molecular weight is 341 g/mol. The summed E-state index contributed by atoms with van der Waals surface area (Å²) in [4.78, 5) is 26.2. The molecule has 1 unspecified atom stereocenters. The van der Waals surface area contributed by atoms with Gasteiger partial charge in [0.25, 0.3) is 0 Å². The van der Waals surface area contributed by atoms with Crippen LogP contribution in [0.2, 0.25) is 0 Å². The number of nitrogens with zero attached hydrogens (tertiary/aromatic N) is 1. The highest BCUT2D eigenvalue weighted by molar-refractivity contribution is 6.02. The fourth-order valence-corrected chi connectivity index (χ4v) is 3.06. The first-order valence-electron chi connectivity index (χ1n) is 8.15. The summed E-state index contributed by atoms with van der Waals surface area (Å²) in [5, 5.41) is 5.47. The maximum absolute atomic E-state index is 13.0. The summed E-state index contributed by atoms with van der Waals surface area (Å²) in [5.41, 5.74) is 3.42. The van der Waals surface area contributed by atoms with Crippen LogP contribution < -0.4 is 15.5 Å². The molecule has 0 radical (unpaired) electrons. The Morgan fingerprint density at radius 1 is 1.12 bits per heavy atom. The average Bonchev–Trinajstić information content (AvgIpc) is 2.88. The van der Waals surface area contributed by atoms with Gasteiger partial charge in [0.1, 0.15) is 11.9 Å². The molecule has 0 spiro atoms. The van der Waals surface area contributed by atoms with E-state index in [1.807, 2.05) is 32.0 Å². The molecule has 1 atom stereocenters. The lowest BCUT2D eigenvalue weighted by Crippen LogP contribution is -2.43. The summed E-state index contributed by atoms with van der Waals surface area (Å²) in [5.74, 6) is -0.542. The van der Waals surface area contributed by atoms with Gasteiger partial charge in [-0.2, -0.15) is 0 Å². The summed E-state index contributed by atoms with van der Waals surface area (Å²) in [6.07, 6.45) is 0.510. The van der Waals surface area contributed by atoms with E-state index in [1.54, 1.807) is 17.0 Å². The standard InChI is InChI=1S/C19H20FN3O2/c1-12-9-13(2)11-15(10-12)21-19(25)22-17-7-8-23(18(17)24)16-5-3-14(20)4-6-16/h3-6,9-11,17H,7-8H2,1-2H3,(H2,21,22,25). The van der Waals surface area contributed by atoms with Crippen LogP contribution in [0.4, 0.5) is 20.6 Å². The van der Waals surface area contributed by atoms with Crippen LogP contribution in [0.5, 0.6) is 0 Å². The number of amides is 3. The van der Waals surface area contributed by atoms with Crippen molar-refractivity contribution in [1.82, 2.24) is 5.32 Å². The first kappa shape index (κ1) is 17.0. The number of hydrogen-bond donors (Lipinski definition) is 2. The van der Waals surface area contributed by atoms with Crippen molar-refractivity contribution >= 4 is 23.3 Å². The number of hydrogen-bond acceptors (Lipinski definition) is 2. The Balaban J connectivity index is 1.62. The maximum atomic E-state index is 13.0. The first-order chi connectivity index (χ1) is 11.9. The third kappa shape index (κ3) is 3.96. The molecule has 130 valence electrons. The van der Waals surface area contributed by atoms with Crippen LogP contribution in [-0.4, -0.2) is 24.5 Å². The Labute approximate surface area is 145 Å². The van der Waals surface area contributed by atoms with Crippen LogP contribution in [0, 0.1) is 19.7 Å². The topological polar surface area (TPSA) is 61.4 Å². The highest BCUT2D eigenvalue weighted by atomic mass is 19.1. The van der Waals surface area contributed by atoms with E-state index in [0.29, 0.717) is 24.3 Å². The minimum absolute atomic E-state index is 0.192. The van der Waals surface area contributed by atoms with Gasteiger partial charge in [-0.15, -0.1) is 0 Å². The van der Waals surface area contributed by atoms with Crippen LogP contribution in [-0.2, 0) is 4.79 Å². The maximum Gasteiger partial charge on any atom is 0.319 e. The van der Waals surface area contributed by atoms with Gasteiger partial charge in [-0.05, 0) is 67.8 Å². The van der Waals surface area contributed by atoms with Gasteiger partial charge in [-0.25, -0.2) is 9.18 Å². The molecule has 1 aliphatic heterocycles. The lowest BCUT2D eigenvalue weighted by molar-refractivity contribution is -0.118. The van der Waals surface area contributed by atoms with Crippen LogP contribution in [0.3, 0.4) is 0 Å². The van der Waals surface area contributed by atoms with E-state index in [-0.39, 0.29) is 11.7 Å². The summed E-state index contributed by atoms with van der Waals surface area (Å²) in [7, 11) is 0. The predicted molar refractivity (Wildman–Crippen MR) is 95.2 cm³/mol. The SMILES string of the molecule is Cc1cc(C)cc(NC(=O)NC2CCN(c3ccc(F)cc3)C2=O)c1. The monoisotopic (exact) mass is 341 g/mol. The third-order valence-electron chi connectivity index (χ3n) is 4.13. The molecule has 3 rings (SSSR count). The Morgan fingerprint density at radius 3 is 2.40 bits per heavy atom. The number of benzene rings is 2. The second kappa shape index (κ2) is 6.93. The molecule has 5 nitrogen and oxygen atoms in total. The molecule has 2 aromatic carbocycles. The van der Waals surface area contributed by atoms with Crippen molar-refractivity contribution in [2.75, 3.05) is 16.8 Å². The van der Waals surface area contributed by atoms with Gasteiger partial charge in [-0.1, -0.05) is 6.07 Å². The number of carbonyl (C=O) groups is 2. The molecule has 2 N–H and O–H groups in total. The van der Waals surface area contributed by atoms with E-state index in [9.17, 15) is 14.0 Å². The highest BCUT2D eigenvalue weighted by Crippen LogP contribution is 2.22. The second-order valence-electron chi connectivity index (χ2n) is 6.28. The quantitative estimate of drug-likeness (QED) is 0.899. The van der Waals surface area contributed by atoms with Crippen molar-refractivity contribution < 1.29 is 14.0 Å². The van der Waals surface area contributed by atoms with Gasteiger partial charge in [0.15, 0.2) is 0 Å². The zero-order chi connectivity index (χ0) is 18.0. The van der Waals surface area contributed by atoms with E-state index in [4.69, 9.17) is 0 Å². The Morgan fingerprint density at radius 2 is 1.76 bits per heavy atom. The van der Waals surface area contributed by atoms with Crippen molar-refractivity contribution in [3.63, 3.8) is 0 Å². The molecule has 0 aliphatic carbocycles. The third-order valence-corrected chi connectivity index (χ3v) is 4.13. The van der Waals surface area contributed by atoms with Gasteiger partial charge in [0, 0.05) is 17.9 Å². The van der Waals surface area contributed by atoms with Gasteiger partial charge >= 0.3 is 6.03 Å². The minimum Gasteiger partial charge on any atom is -0.326 e. The molecular formula is C19H20FN3O2. The Kier molecular flexibility index (Phi) is 4.70. The normalized spacial score (nSPS) is 16.8. The lowest BCUT2D eigenvalue weighted by atomic mass is 10.1. The number of aryl methyl sites for hydroxylation is 2. The molecular weight excluding hydrogens is 321 g/mol. The largest absolute Gasteiger partial charge is 0.326 e. The number of anilines is 2. The summed E-state index contributed by atoms with van der Waals surface area (Å²) in [6, 6.07) is 10.5. The van der Waals surface area contributed by atoms with E-state index < -0.39 is 12.1 Å². The smallest absolute Gasteiger partial charge is 0.319 e. The van der Waals surface area contributed by atoms with Crippen LogP contribution in [0.1, 0.15) is 17.5 Å². The number of carbonyl (C=O) groups excluding carboxylic acids is 2. The van der Waals surface area contributed by atoms with Crippen LogP contribution >= 0.6 is 0 Å². The van der Waals surface area contributed by atoms with Crippen molar-refractivity contribution in [3.05, 3.63) is 59.4 Å². The van der Waals surface area contributed by atoms with E-state index in [0.717, 1.165) is 11.1 Å². The first-order valence-corrected chi connectivity index (χ1v) is 8.15. The molecule has 6 heteroatoms. The van der Waals surface area contributed by atoms with Crippen molar-refractivity contribution in [3.8, 4) is 0 Å². The molecule has 0 saturated carbocycles. The Hall–Kier alpha value is -2.89. The van der Waals surface area contributed by atoms with Gasteiger partial charge in [0.2, 0.25) is 5.91 Å². The summed E-state index contributed by atoms with van der Waals surface area (Å²) >= 11 is 0. The van der Waals surface area contributed by atoms with Crippen LogP contribution in [0.15, 0.2) is 42.5 Å².